The summed E-state index contributed by atoms with van der Waals surface area (Å²) < 4.78 is 10.3. The number of carbonyl (C=O) groups excluding carboxylic acids is 2. The summed E-state index contributed by atoms with van der Waals surface area (Å²) in [6.45, 7) is 1.79. The van der Waals surface area contributed by atoms with Crippen molar-refractivity contribution < 1.29 is 19.1 Å². The zero-order valence-electron chi connectivity index (χ0n) is 13.7. The van der Waals surface area contributed by atoms with Gasteiger partial charge in [-0.25, -0.2) is 4.79 Å². The van der Waals surface area contributed by atoms with Crippen LogP contribution in [0.2, 0.25) is 0 Å². The van der Waals surface area contributed by atoms with E-state index in [1.807, 2.05) is 24.3 Å². The molecule has 0 unspecified atom stereocenters. The van der Waals surface area contributed by atoms with Crippen LogP contribution in [0.15, 0.2) is 48.5 Å². The minimum atomic E-state index is -0.409. The van der Waals surface area contributed by atoms with Crippen LogP contribution in [0.25, 0.3) is 0 Å². The summed E-state index contributed by atoms with van der Waals surface area (Å²) >= 11 is 0. The molecule has 0 atom stereocenters. The van der Waals surface area contributed by atoms with Gasteiger partial charge >= 0.3 is 12.0 Å². The van der Waals surface area contributed by atoms with Crippen LogP contribution >= 0.6 is 0 Å². The van der Waals surface area contributed by atoms with Crippen LogP contribution in [0.3, 0.4) is 0 Å². The topological polar surface area (TPSA) is 76.7 Å². The van der Waals surface area contributed by atoms with Crippen LogP contribution in [-0.4, -0.2) is 25.7 Å². The fourth-order valence-corrected chi connectivity index (χ4v) is 2.20. The molecule has 2 amide bonds. The third kappa shape index (κ3) is 5.31. The summed E-state index contributed by atoms with van der Waals surface area (Å²) in [6, 6.07) is 14.0. The molecular formula is C18H20N2O4. The van der Waals surface area contributed by atoms with Gasteiger partial charge in [-0.3, -0.25) is 4.79 Å². The van der Waals surface area contributed by atoms with E-state index in [9.17, 15) is 9.59 Å². The number of ether oxygens (including phenoxy) is 2. The van der Waals surface area contributed by atoms with Gasteiger partial charge in [-0.1, -0.05) is 24.3 Å². The number of anilines is 1. The van der Waals surface area contributed by atoms with Gasteiger partial charge < -0.3 is 20.1 Å². The van der Waals surface area contributed by atoms with Crippen LogP contribution in [-0.2, 0) is 11.2 Å². The third-order valence-corrected chi connectivity index (χ3v) is 3.23. The second-order valence-corrected chi connectivity index (χ2v) is 5.06. The first-order chi connectivity index (χ1) is 11.6. The quantitative estimate of drug-likeness (QED) is 0.631. The molecule has 6 heteroatoms. The fraction of sp³-hybridized carbons (Fsp3) is 0.222. The van der Waals surface area contributed by atoms with Gasteiger partial charge in [0.25, 0.3) is 0 Å². The minimum Gasteiger partial charge on any atom is -0.496 e. The summed E-state index contributed by atoms with van der Waals surface area (Å²) in [4.78, 5) is 22.9. The summed E-state index contributed by atoms with van der Waals surface area (Å²) in [6.07, 6.45) is 0.658. The molecule has 0 aliphatic carbocycles. The number of urea groups is 1. The van der Waals surface area contributed by atoms with E-state index in [1.165, 1.54) is 6.92 Å². The highest BCUT2D eigenvalue weighted by Crippen LogP contribution is 2.18. The van der Waals surface area contributed by atoms with E-state index >= 15 is 0 Å². The van der Waals surface area contributed by atoms with E-state index in [1.54, 1.807) is 31.4 Å². The largest absolute Gasteiger partial charge is 0.496 e. The van der Waals surface area contributed by atoms with Crippen LogP contribution in [0.4, 0.5) is 10.5 Å². The first-order valence-corrected chi connectivity index (χ1v) is 7.53. The van der Waals surface area contributed by atoms with Gasteiger partial charge in [-0.2, -0.15) is 0 Å². The number of para-hydroxylation sites is 1. The standard InChI is InChI=1S/C18H20N2O4/c1-13(21)24-16-8-5-7-15(12-16)20-18(22)19-11-10-14-6-3-4-9-17(14)23-2/h3-9,12H,10-11H2,1-2H3,(H2,19,20,22). The number of hydrogen-bond acceptors (Lipinski definition) is 4. The number of benzene rings is 2. The molecule has 0 radical (unpaired) electrons. The van der Waals surface area contributed by atoms with Crippen molar-refractivity contribution in [1.29, 1.82) is 0 Å². The molecule has 2 N–H and O–H groups in total. The molecule has 2 aromatic carbocycles. The molecule has 126 valence electrons. The molecule has 0 saturated heterocycles. The van der Waals surface area contributed by atoms with Crippen molar-refractivity contribution in [2.45, 2.75) is 13.3 Å². The Hall–Kier alpha value is -3.02. The maximum absolute atomic E-state index is 11.9. The van der Waals surface area contributed by atoms with Crippen molar-refractivity contribution in [3.8, 4) is 11.5 Å². The molecule has 0 aliphatic heterocycles. The van der Waals surface area contributed by atoms with E-state index in [4.69, 9.17) is 9.47 Å². The highest BCUT2D eigenvalue weighted by atomic mass is 16.5. The fourth-order valence-electron chi connectivity index (χ4n) is 2.20. The van der Waals surface area contributed by atoms with Gasteiger partial charge in [0.1, 0.15) is 11.5 Å². The number of hydrogen-bond donors (Lipinski definition) is 2. The second kappa shape index (κ2) is 8.57. The van der Waals surface area contributed by atoms with Crippen molar-refractivity contribution in [3.05, 3.63) is 54.1 Å². The van der Waals surface area contributed by atoms with Crippen molar-refractivity contribution in [1.82, 2.24) is 5.32 Å². The number of esters is 1. The van der Waals surface area contributed by atoms with Gasteiger partial charge in [-0.05, 0) is 30.2 Å². The molecule has 0 heterocycles. The summed E-state index contributed by atoms with van der Waals surface area (Å²) in [7, 11) is 1.62. The van der Waals surface area contributed by atoms with Gasteiger partial charge in [0.15, 0.2) is 0 Å². The average molecular weight is 328 g/mol. The molecule has 2 rings (SSSR count). The van der Waals surface area contributed by atoms with Crippen LogP contribution < -0.4 is 20.1 Å². The Morgan fingerprint density at radius 1 is 1.08 bits per heavy atom. The Balaban J connectivity index is 1.84. The normalized spacial score (nSPS) is 9.92. The molecule has 0 spiro atoms. The first kappa shape index (κ1) is 17.3. The summed E-state index contributed by atoms with van der Waals surface area (Å²) in [5, 5.41) is 5.48. The maximum atomic E-state index is 11.9. The molecule has 24 heavy (non-hydrogen) atoms. The lowest BCUT2D eigenvalue weighted by Crippen LogP contribution is -2.30. The molecule has 0 aromatic heterocycles. The number of rotatable bonds is 6. The Morgan fingerprint density at radius 3 is 2.62 bits per heavy atom. The van der Waals surface area contributed by atoms with Crippen molar-refractivity contribution in [2.75, 3.05) is 19.0 Å². The van der Waals surface area contributed by atoms with Crippen molar-refractivity contribution >= 4 is 17.7 Å². The van der Waals surface area contributed by atoms with E-state index in [2.05, 4.69) is 10.6 Å². The van der Waals surface area contributed by atoms with Crippen LogP contribution in [0.5, 0.6) is 11.5 Å². The molecule has 6 nitrogen and oxygen atoms in total. The zero-order chi connectivity index (χ0) is 17.4. The zero-order valence-corrected chi connectivity index (χ0v) is 13.7. The smallest absolute Gasteiger partial charge is 0.319 e. The molecular weight excluding hydrogens is 308 g/mol. The monoisotopic (exact) mass is 328 g/mol. The van der Waals surface area contributed by atoms with E-state index < -0.39 is 5.97 Å². The Bertz CT molecular complexity index is 716. The third-order valence-electron chi connectivity index (χ3n) is 3.23. The molecule has 0 saturated carbocycles. The van der Waals surface area contributed by atoms with Crippen LogP contribution in [0.1, 0.15) is 12.5 Å². The van der Waals surface area contributed by atoms with Crippen molar-refractivity contribution in [3.63, 3.8) is 0 Å². The summed E-state index contributed by atoms with van der Waals surface area (Å²) in [5.74, 6) is 0.775. The van der Waals surface area contributed by atoms with Crippen molar-refractivity contribution in [2.24, 2.45) is 0 Å². The average Bonchev–Trinajstić information content (AvgIpc) is 2.55. The predicted molar refractivity (Wildman–Crippen MR) is 91.5 cm³/mol. The molecule has 2 aromatic rings. The van der Waals surface area contributed by atoms with Gasteiger partial charge in [-0.15, -0.1) is 0 Å². The van der Waals surface area contributed by atoms with Gasteiger partial charge in [0.2, 0.25) is 0 Å². The summed E-state index contributed by atoms with van der Waals surface area (Å²) in [5.41, 5.74) is 1.57. The Morgan fingerprint density at radius 2 is 1.88 bits per heavy atom. The van der Waals surface area contributed by atoms with Crippen LogP contribution in [0, 0.1) is 0 Å². The minimum absolute atomic E-state index is 0.329. The molecule has 0 fully saturated rings. The number of amides is 2. The predicted octanol–water partition coefficient (Wildman–Crippen LogP) is 2.98. The lowest BCUT2D eigenvalue weighted by molar-refractivity contribution is -0.131. The first-order valence-electron chi connectivity index (χ1n) is 7.53. The highest BCUT2D eigenvalue weighted by Gasteiger charge is 2.05. The Labute approximate surface area is 140 Å². The number of carbonyl (C=O) groups is 2. The molecule has 0 bridgehead atoms. The van der Waals surface area contributed by atoms with E-state index in [-0.39, 0.29) is 6.03 Å². The maximum Gasteiger partial charge on any atom is 0.319 e. The number of methoxy groups -OCH3 is 1. The van der Waals surface area contributed by atoms with Gasteiger partial charge in [0, 0.05) is 25.2 Å². The number of nitrogens with one attached hydrogen (secondary N) is 2. The lowest BCUT2D eigenvalue weighted by atomic mass is 10.1. The Kier molecular flexibility index (Phi) is 6.19. The SMILES string of the molecule is COc1ccccc1CCNC(=O)Nc1cccc(OC(C)=O)c1. The lowest BCUT2D eigenvalue weighted by Gasteiger charge is -2.10. The van der Waals surface area contributed by atoms with Gasteiger partial charge in [0.05, 0.1) is 7.11 Å². The highest BCUT2D eigenvalue weighted by molar-refractivity contribution is 5.89. The van der Waals surface area contributed by atoms with E-state index in [0.29, 0.717) is 24.4 Å². The molecule has 0 aliphatic rings. The van der Waals surface area contributed by atoms with E-state index in [0.717, 1.165) is 11.3 Å². The second-order valence-electron chi connectivity index (χ2n) is 5.06.